The SMILES string of the molecule is BSSSOS. The Labute approximate surface area is 55.3 Å². The minimum absolute atomic E-state index is 1.25. The van der Waals surface area contributed by atoms with E-state index in [-0.39, 0.29) is 0 Å². The Morgan fingerprint density at radius 1 is 1.67 bits per heavy atom. The topological polar surface area (TPSA) is 9.23 Å². The van der Waals surface area contributed by atoms with Crippen molar-refractivity contribution in [1.82, 2.24) is 0 Å². The highest BCUT2D eigenvalue weighted by molar-refractivity contribution is 9.12. The molecule has 0 heterocycles. The van der Waals surface area contributed by atoms with Gasteiger partial charge in [-0.2, -0.15) is 0 Å². The minimum atomic E-state index is 1.25. The maximum atomic E-state index is 4.34. The van der Waals surface area contributed by atoms with Crippen LogP contribution in [0.25, 0.3) is 0 Å². The first kappa shape index (κ1) is 7.42. The highest BCUT2D eigenvalue weighted by Gasteiger charge is 1.78. The normalized spacial score (nSPS) is 8.83. The van der Waals surface area contributed by atoms with Gasteiger partial charge in [0.2, 0.25) is 0 Å². The molecule has 0 rings (SSSR count). The molecule has 0 saturated heterocycles. The number of rotatable bonds is 3. The summed E-state index contributed by atoms with van der Waals surface area (Å²) in [6.45, 7) is 0. The summed E-state index contributed by atoms with van der Waals surface area (Å²) in [4.78, 5) is 0. The van der Waals surface area contributed by atoms with E-state index in [1.807, 2.05) is 7.12 Å². The fraction of sp³-hybridized carbons (Fsp3) is 0. The van der Waals surface area contributed by atoms with Gasteiger partial charge in [0.1, 0.15) is 0 Å². The molecule has 0 aromatic carbocycles. The Morgan fingerprint density at radius 2 is 2.33 bits per heavy atom. The predicted octanol–water partition coefficient (Wildman–Crippen LogP) is 1.34. The van der Waals surface area contributed by atoms with Gasteiger partial charge in [0.05, 0.1) is 11.1 Å². The summed E-state index contributed by atoms with van der Waals surface area (Å²) in [6, 6.07) is 0. The molecular weight excluding hydrogens is 155 g/mol. The van der Waals surface area contributed by atoms with Crippen molar-refractivity contribution in [3.8, 4) is 0 Å². The van der Waals surface area contributed by atoms with Crippen LogP contribution in [0.5, 0.6) is 0 Å². The summed E-state index contributed by atoms with van der Waals surface area (Å²) in [6.07, 6.45) is 0. The lowest BCUT2D eigenvalue weighted by molar-refractivity contribution is 0.788. The van der Waals surface area contributed by atoms with Crippen LogP contribution in [0, 0.1) is 0 Å². The van der Waals surface area contributed by atoms with E-state index in [1.165, 1.54) is 11.1 Å². The van der Waals surface area contributed by atoms with E-state index < -0.39 is 0 Å². The van der Waals surface area contributed by atoms with E-state index in [2.05, 4.69) is 16.5 Å². The maximum Gasteiger partial charge on any atom is 0.189 e. The van der Waals surface area contributed by atoms with Crippen molar-refractivity contribution in [3.05, 3.63) is 0 Å². The smallest absolute Gasteiger partial charge is 0.189 e. The Hall–Kier alpha value is 1.42. The zero-order valence-electron chi connectivity index (χ0n) is 3.08. The predicted molar refractivity (Wildman–Crippen MR) is 41.4 cm³/mol. The summed E-state index contributed by atoms with van der Waals surface area (Å²) < 4.78 is 4.34. The summed E-state index contributed by atoms with van der Waals surface area (Å²) >= 11 is 4.74. The average Bonchev–Trinajstić information content (AvgIpc) is 1.61. The molecule has 6 heteroatoms. The van der Waals surface area contributed by atoms with Crippen LogP contribution in [0.2, 0.25) is 0 Å². The number of hydrogen-bond acceptors (Lipinski definition) is 5. The molecule has 6 heavy (non-hydrogen) atoms. The van der Waals surface area contributed by atoms with Crippen LogP contribution in [0.1, 0.15) is 0 Å². The molecule has 1 nitrogen and oxygen atoms in total. The molecule has 0 aromatic heterocycles. The van der Waals surface area contributed by atoms with E-state index in [4.69, 9.17) is 0 Å². The molecule has 0 unspecified atom stereocenters. The standard InChI is InChI=1S/BH3OS4/c1-4-6-5-2-3/h3H,1H2. The van der Waals surface area contributed by atoms with Crippen molar-refractivity contribution in [2.75, 3.05) is 0 Å². The van der Waals surface area contributed by atoms with Gasteiger partial charge in [-0.15, -0.1) is 10.6 Å². The fourth-order valence-corrected chi connectivity index (χ4v) is 1.76. The molecule has 0 saturated carbocycles. The highest BCUT2D eigenvalue weighted by Crippen LogP contribution is 2.32. The van der Waals surface area contributed by atoms with Crippen molar-refractivity contribution in [2.45, 2.75) is 0 Å². The van der Waals surface area contributed by atoms with Gasteiger partial charge in [0, 0.05) is 0 Å². The summed E-state index contributed by atoms with van der Waals surface area (Å²) in [5, 5.41) is 0. The lowest BCUT2D eigenvalue weighted by Gasteiger charge is -1.84. The van der Waals surface area contributed by atoms with Crippen molar-refractivity contribution in [2.24, 2.45) is 0 Å². The van der Waals surface area contributed by atoms with E-state index in [0.29, 0.717) is 0 Å². The van der Waals surface area contributed by atoms with Gasteiger partial charge in [-0.05, 0) is 22.7 Å². The average molecular weight is 158 g/mol. The van der Waals surface area contributed by atoms with Crippen molar-refractivity contribution < 1.29 is 3.63 Å². The third-order valence-electron chi connectivity index (χ3n) is 0.126. The van der Waals surface area contributed by atoms with Crippen LogP contribution in [0.15, 0.2) is 0 Å². The minimum Gasteiger partial charge on any atom is -0.238 e. The largest absolute Gasteiger partial charge is 0.238 e. The van der Waals surface area contributed by atoms with Crippen LogP contribution in [0.3, 0.4) is 0 Å². The first-order chi connectivity index (χ1) is 2.91. The summed E-state index contributed by atoms with van der Waals surface area (Å²) in [7, 11) is 5.15. The lowest BCUT2D eigenvalue weighted by Crippen LogP contribution is -1.41. The molecule has 0 aliphatic rings. The van der Waals surface area contributed by atoms with Gasteiger partial charge >= 0.3 is 0 Å². The Bertz CT molecular complexity index is 19.5. The first-order valence-electron chi connectivity index (χ1n) is 1.09. The second-order valence-electron chi connectivity index (χ2n) is 0.377. The van der Waals surface area contributed by atoms with Crippen molar-refractivity contribution >= 4 is 51.6 Å². The van der Waals surface area contributed by atoms with E-state index in [9.17, 15) is 0 Å². The fourth-order valence-electron chi connectivity index (χ4n) is 0.0402. The second kappa shape index (κ2) is 6.42. The Kier molecular flexibility index (Phi) is 7.95. The third kappa shape index (κ3) is 5.42. The van der Waals surface area contributed by atoms with E-state index in [1.54, 1.807) is 20.5 Å². The van der Waals surface area contributed by atoms with E-state index in [0.717, 1.165) is 0 Å². The number of thiol groups is 1. The second-order valence-corrected chi connectivity index (χ2v) is 4.62. The lowest BCUT2D eigenvalue weighted by atomic mass is 10.8. The van der Waals surface area contributed by atoms with Crippen molar-refractivity contribution in [1.29, 1.82) is 0 Å². The molecule has 0 aromatic rings. The molecule has 0 radical (unpaired) electrons. The van der Waals surface area contributed by atoms with E-state index >= 15 is 0 Å². The Morgan fingerprint density at radius 3 is 2.50 bits per heavy atom. The van der Waals surface area contributed by atoms with Gasteiger partial charge in [-0.25, -0.2) is 3.63 Å². The molecule has 0 amide bonds. The molecule has 36 valence electrons. The van der Waals surface area contributed by atoms with Crippen LogP contribution < -0.4 is 0 Å². The third-order valence-corrected chi connectivity index (χ3v) is 3.41. The maximum absolute atomic E-state index is 4.34. The molecule has 0 N–H and O–H groups in total. The monoisotopic (exact) mass is 158 g/mol. The molecule has 0 aliphatic carbocycles. The first-order valence-corrected chi connectivity index (χ1v) is 5.27. The highest BCUT2D eigenvalue weighted by atomic mass is 33.5. The van der Waals surface area contributed by atoms with Gasteiger partial charge in [-0.3, -0.25) is 0 Å². The summed E-state index contributed by atoms with van der Waals surface area (Å²) in [5.41, 5.74) is 0. The molecule has 0 aliphatic heterocycles. The quantitative estimate of drug-likeness (QED) is 0.218. The van der Waals surface area contributed by atoms with Gasteiger partial charge in [0.25, 0.3) is 0 Å². The van der Waals surface area contributed by atoms with Crippen LogP contribution in [-0.4, -0.2) is 7.12 Å². The molecule has 0 fully saturated rings. The Balaban J connectivity index is 2.34. The van der Waals surface area contributed by atoms with Crippen molar-refractivity contribution in [3.63, 3.8) is 0 Å². The molecular formula is H3BOS4. The zero-order valence-corrected chi connectivity index (χ0v) is 6.42. The number of hydrogen-bond donors (Lipinski definition) is 1. The molecule has 0 spiro atoms. The molecule has 0 atom stereocenters. The molecule has 0 bridgehead atoms. The van der Waals surface area contributed by atoms with Gasteiger partial charge in [0.15, 0.2) is 7.12 Å². The van der Waals surface area contributed by atoms with Crippen LogP contribution >= 0.6 is 44.5 Å². The van der Waals surface area contributed by atoms with Crippen LogP contribution in [-0.2, 0) is 3.63 Å². The van der Waals surface area contributed by atoms with Gasteiger partial charge in [-0.1, -0.05) is 0 Å². The van der Waals surface area contributed by atoms with Crippen LogP contribution in [0.4, 0.5) is 0 Å². The zero-order chi connectivity index (χ0) is 4.83. The summed E-state index contributed by atoms with van der Waals surface area (Å²) in [5.74, 6) is 0. The van der Waals surface area contributed by atoms with Gasteiger partial charge < -0.3 is 0 Å².